The molecule has 3 aromatic carbocycles. The van der Waals surface area contributed by atoms with Crippen LogP contribution in [0.5, 0.6) is 0 Å². The van der Waals surface area contributed by atoms with Gasteiger partial charge in [-0.2, -0.15) is 5.10 Å². The van der Waals surface area contributed by atoms with Crippen molar-refractivity contribution in [2.45, 2.75) is 23.7 Å². The molecule has 1 aliphatic rings. The third kappa shape index (κ3) is 4.02. The van der Waals surface area contributed by atoms with Crippen LogP contribution >= 0.6 is 27.9 Å². The van der Waals surface area contributed by atoms with Gasteiger partial charge in [0.1, 0.15) is 17.3 Å². The van der Waals surface area contributed by atoms with Crippen molar-refractivity contribution in [1.29, 1.82) is 0 Å². The lowest BCUT2D eigenvalue weighted by molar-refractivity contribution is 0.103. The average molecular weight is 584 g/mol. The smallest absolute Gasteiger partial charge is 0.215 e. The summed E-state index contributed by atoms with van der Waals surface area (Å²) in [7, 11) is 1.82. The van der Waals surface area contributed by atoms with Gasteiger partial charge < -0.3 is 10.3 Å². The van der Waals surface area contributed by atoms with Gasteiger partial charge in [0.2, 0.25) is 5.78 Å². The van der Waals surface area contributed by atoms with Crippen molar-refractivity contribution in [2.75, 3.05) is 12.4 Å². The van der Waals surface area contributed by atoms with Gasteiger partial charge in [0, 0.05) is 27.7 Å². The molecule has 2 N–H and O–H groups in total. The minimum Gasteiger partial charge on any atom is -0.372 e. The normalized spacial score (nSPS) is 13.4. The van der Waals surface area contributed by atoms with Gasteiger partial charge in [-0.3, -0.25) is 8.77 Å². The summed E-state index contributed by atoms with van der Waals surface area (Å²) in [6.45, 7) is 0. The van der Waals surface area contributed by atoms with E-state index >= 15 is 0 Å². The molecule has 188 valence electrons. The molecule has 0 aliphatic heterocycles. The number of H-pyrrole nitrogens is 1. The zero-order chi connectivity index (χ0) is 25.8. The Bertz CT molecular complexity index is 1830. The van der Waals surface area contributed by atoms with Crippen LogP contribution in [0.25, 0.3) is 27.6 Å². The van der Waals surface area contributed by atoms with E-state index in [1.54, 1.807) is 10.9 Å². The maximum Gasteiger partial charge on any atom is 0.215 e. The number of benzene rings is 3. The van der Waals surface area contributed by atoms with E-state index in [-0.39, 0.29) is 5.78 Å². The molecule has 0 saturated heterocycles. The van der Waals surface area contributed by atoms with Crippen LogP contribution in [-0.4, -0.2) is 36.6 Å². The number of aromatic amines is 1. The van der Waals surface area contributed by atoms with E-state index in [0.29, 0.717) is 23.0 Å². The molecule has 1 saturated carbocycles. The number of imidazole rings is 1. The van der Waals surface area contributed by atoms with Crippen molar-refractivity contribution in [3.63, 3.8) is 0 Å². The minimum absolute atomic E-state index is 0.102. The summed E-state index contributed by atoms with van der Waals surface area (Å²) in [5.41, 5.74) is 4.83. The molecular weight excluding hydrogens is 560 g/mol. The molecule has 7 nitrogen and oxygen atoms in total. The van der Waals surface area contributed by atoms with Crippen molar-refractivity contribution in [1.82, 2.24) is 23.7 Å². The molecule has 6 aromatic rings. The number of carbonyl (C=O) groups excluding carboxylic acids is 1. The second-order valence-electron chi connectivity index (χ2n) is 9.43. The predicted molar refractivity (Wildman–Crippen MR) is 156 cm³/mol. The topological polar surface area (TPSA) is 80.5 Å². The first-order chi connectivity index (χ1) is 18.6. The molecule has 7 rings (SSSR count). The summed E-state index contributed by atoms with van der Waals surface area (Å²) in [5.74, 6) is 2.14. The van der Waals surface area contributed by atoms with E-state index < -0.39 is 0 Å². The average Bonchev–Trinajstić information content (AvgIpc) is 3.41. The standard InChI is InChI=1S/C29H23BrN6OS/c1-31-29-22(16-32-35(29)20-11-12-23-24(15-20)34-28(33-23)17-7-8-17)27(37)26-13-18-9-10-19(30)14-25(18)36(26)38-21-5-3-2-4-6-21/h2-6,9-17,31H,7-8H2,1H3,(H,33,34). The molecule has 3 heterocycles. The lowest BCUT2D eigenvalue weighted by Crippen LogP contribution is -2.10. The Morgan fingerprint density at radius 2 is 1.92 bits per heavy atom. The summed E-state index contributed by atoms with van der Waals surface area (Å²) in [6.07, 6.45) is 4.03. The second kappa shape index (κ2) is 9.18. The molecule has 38 heavy (non-hydrogen) atoms. The molecule has 0 bridgehead atoms. The van der Waals surface area contributed by atoms with Crippen molar-refractivity contribution < 1.29 is 4.79 Å². The number of anilines is 1. The van der Waals surface area contributed by atoms with Gasteiger partial charge in [-0.15, -0.1) is 0 Å². The number of fused-ring (bicyclic) bond motifs is 2. The van der Waals surface area contributed by atoms with Crippen LogP contribution < -0.4 is 5.32 Å². The largest absolute Gasteiger partial charge is 0.372 e. The Labute approximate surface area is 231 Å². The van der Waals surface area contributed by atoms with E-state index in [2.05, 4.69) is 31.3 Å². The van der Waals surface area contributed by atoms with Gasteiger partial charge in [-0.1, -0.05) is 40.2 Å². The molecule has 0 atom stereocenters. The number of carbonyl (C=O) groups is 1. The zero-order valence-electron chi connectivity index (χ0n) is 20.5. The number of nitrogens with zero attached hydrogens (tertiary/aromatic N) is 4. The van der Waals surface area contributed by atoms with Gasteiger partial charge in [0.15, 0.2) is 0 Å². The van der Waals surface area contributed by atoms with Crippen LogP contribution in [0.2, 0.25) is 0 Å². The number of halogens is 1. The summed E-state index contributed by atoms with van der Waals surface area (Å²) in [6, 6.07) is 24.1. The monoisotopic (exact) mass is 582 g/mol. The predicted octanol–water partition coefficient (Wildman–Crippen LogP) is 7.17. The van der Waals surface area contributed by atoms with Gasteiger partial charge in [0.05, 0.1) is 34.0 Å². The number of hydrogen-bond donors (Lipinski definition) is 2. The number of ketones is 1. The third-order valence-electron chi connectivity index (χ3n) is 6.84. The van der Waals surface area contributed by atoms with Crippen molar-refractivity contribution in [2.24, 2.45) is 0 Å². The number of hydrogen-bond acceptors (Lipinski definition) is 5. The summed E-state index contributed by atoms with van der Waals surface area (Å²) >= 11 is 5.11. The Balaban J connectivity index is 1.31. The lowest BCUT2D eigenvalue weighted by Gasteiger charge is -2.11. The summed E-state index contributed by atoms with van der Waals surface area (Å²) in [4.78, 5) is 23.3. The molecule has 1 fully saturated rings. The SMILES string of the molecule is CNc1c(C(=O)c2cc3ccc(Br)cc3n2Sc2ccccc2)cnn1-c1ccc2nc(C3CC3)[nH]c2c1. The number of nitrogens with one attached hydrogen (secondary N) is 2. The van der Waals surface area contributed by atoms with Gasteiger partial charge in [0.25, 0.3) is 0 Å². The third-order valence-corrected chi connectivity index (χ3v) is 8.39. The van der Waals surface area contributed by atoms with Crippen molar-refractivity contribution >= 4 is 61.4 Å². The van der Waals surface area contributed by atoms with E-state index in [1.165, 1.54) is 24.8 Å². The highest BCUT2D eigenvalue weighted by Crippen LogP contribution is 2.39. The second-order valence-corrected chi connectivity index (χ2v) is 11.4. The maximum absolute atomic E-state index is 14.1. The Morgan fingerprint density at radius 3 is 2.71 bits per heavy atom. The molecule has 9 heteroatoms. The maximum atomic E-state index is 14.1. The fourth-order valence-corrected chi connectivity index (χ4v) is 6.11. The molecular formula is C29H23BrN6OS. The molecule has 0 radical (unpaired) electrons. The van der Waals surface area contributed by atoms with Crippen molar-refractivity contribution in [3.8, 4) is 5.69 Å². The summed E-state index contributed by atoms with van der Waals surface area (Å²) < 4.78 is 4.74. The van der Waals surface area contributed by atoms with Gasteiger partial charge in [-0.05, 0) is 73.3 Å². The fraction of sp³-hybridized carbons (Fsp3) is 0.138. The van der Waals surface area contributed by atoms with Crippen LogP contribution in [0, 0.1) is 0 Å². The highest BCUT2D eigenvalue weighted by atomic mass is 79.9. The van der Waals surface area contributed by atoms with Crippen LogP contribution in [0.4, 0.5) is 5.82 Å². The molecule has 0 amide bonds. The number of rotatable bonds is 7. The lowest BCUT2D eigenvalue weighted by atomic mass is 10.1. The highest BCUT2D eigenvalue weighted by molar-refractivity contribution is 9.10. The quantitative estimate of drug-likeness (QED) is 0.195. The van der Waals surface area contributed by atoms with E-state index in [1.807, 2.05) is 83.8 Å². The molecule has 3 aromatic heterocycles. The minimum atomic E-state index is -0.102. The first-order valence-electron chi connectivity index (χ1n) is 12.4. The van der Waals surface area contributed by atoms with Crippen LogP contribution in [0.3, 0.4) is 0 Å². The molecule has 0 unspecified atom stereocenters. The summed E-state index contributed by atoms with van der Waals surface area (Å²) in [5, 5.41) is 8.83. The molecule has 0 spiro atoms. The molecule has 1 aliphatic carbocycles. The first kappa shape index (κ1) is 23.3. The Kier molecular flexibility index (Phi) is 5.63. The van der Waals surface area contributed by atoms with Crippen LogP contribution in [-0.2, 0) is 0 Å². The van der Waals surface area contributed by atoms with Gasteiger partial charge in [-0.25, -0.2) is 9.67 Å². The zero-order valence-corrected chi connectivity index (χ0v) is 22.9. The van der Waals surface area contributed by atoms with Crippen molar-refractivity contribution in [3.05, 3.63) is 101 Å². The van der Waals surface area contributed by atoms with E-state index in [4.69, 9.17) is 4.98 Å². The van der Waals surface area contributed by atoms with E-state index in [9.17, 15) is 4.79 Å². The fourth-order valence-electron chi connectivity index (χ4n) is 4.78. The number of aromatic nitrogens is 5. The Morgan fingerprint density at radius 1 is 1.08 bits per heavy atom. The van der Waals surface area contributed by atoms with Crippen LogP contribution in [0.1, 0.15) is 40.6 Å². The highest BCUT2D eigenvalue weighted by Gasteiger charge is 2.27. The van der Waals surface area contributed by atoms with Crippen LogP contribution in [0.15, 0.2) is 88.4 Å². The van der Waals surface area contributed by atoms with Gasteiger partial charge >= 0.3 is 0 Å². The van der Waals surface area contributed by atoms with E-state index in [0.717, 1.165) is 42.8 Å². The Hall–Kier alpha value is -3.82. The first-order valence-corrected chi connectivity index (χ1v) is 14.0.